The number of hydrogen-bond acceptors (Lipinski definition) is 3. The van der Waals surface area contributed by atoms with Crippen molar-refractivity contribution in [2.75, 3.05) is 13.2 Å². The molecule has 104 valence electrons. The molecule has 1 aliphatic rings. The third-order valence-corrected chi connectivity index (χ3v) is 3.75. The van der Waals surface area contributed by atoms with Gasteiger partial charge < -0.3 is 15.6 Å². The van der Waals surface area contributed by atoms with Crippen molar-refractivity contribution in [2.45, 2.75) is 31.7 Å². The Labute approximate surface area is 113 Å². The summed E-state index contributed by atoms with van der Waals surface area (Å²) in [6, 6.07) is 7.18. The van der Waals surface area contributed by atoms with Crippen LogP contribution in [-0.2, 0) is 21.4 Å². The van der Waals surface area contributed by atoms with Crippen molar-refractivity contribution in [3.05, 3.63) is 35.4 Å². The molecule has 19 heavy (non-hydrogen) atoms. The molecule has 1 atom stereocenters. The number of carboxylic acid groups (broad SMARTS) is 1. The van der Waals surface area contributed by atoms with Gasteiger partial charge in [-0.3, -0.25) is 4.79 Å². The SMILES string of the molecule is CC(C)Cc1ccc(C2(C(N)C(=O)O)COC2)cc1. The fourth-order valence-corrected chi connectivity index (χ4v) is 2.53. The number of ether oxygens (including phenoxy) is 1. The highest BCUT2D eigenvalue weighted by atomic mass is 16.5. The van der Waals surface area contributed by atoms with Crippen LogP contribution in [-0.4, -0.2) is 30.3 Å². The minimum absolute atomic E-state index is 0.379. The Morgan fingerprint density at radius 1 is 1.37 bits per heavy atom. The zero-order valence-corrected chi connectivity index (χ0v) is 11.4. The predicted octanol–water partition coefficient (Wildman–Crippen LogP) is 1.56. The molecule has 1 unspecified atom stereocenters. The van der Waals surface area contributed by atoms with E-state index in [0.717, 1.165) is 12.0 Å². The summed E-state index contributed by atoms with van der Waals surface area (Å²) in [5, 5.41) is 9.14. The molecule has 0 amide bonds. The molecule has 1 aliphatic heterocycles. The minimum atomic E-state index is -0.977. The zero-order valence-electron chi connectivity index (χ0n) is 11.4. The van der Waals surface area contributed by atoms with Crippen LogP contribution in [0.2, 0.25) is 0 Å². The lowest BCUT2D eigenvalue weighted by Gasteiger charge is -2.44. The monoisotopic (exact) mass is 263 g/mol. The van der Waals surface area contributed by atoms with Crippen molar-refractivity contribution in [3.8, 4) is 0 Å². The maximum atomic E-state index is 11.1. The molecule has 3 N–H and O–H groups in total. The number of carbonyl (C=O) groups is 1. The second kappa shape index (κ2) is 5.31. The van der Waals surface area contributed by atoms with Crippen molar-refractivity contribution in [2.24, 2.45) is 11.7 Å². The molecule has 0 bridgehead atoms. The normalized spacial score (nSPS) is 18.9. The Hall–Kier alpha value is -1.39. The van der Waals surface area contributed by atoms with E-state index in [2.05, 4.69) is 26.0 Å². The van der Waals surface area contributed by atoms with Crippen molar-refractivity contribution in [1.29, 1.82) is 0 Å². The van der Waals surface area contributed by atoms with Crippen molar-refractivity contribution in [1.82, 2.24) is 0 Å². The van der Waals surface area contributed by atoms with Crippen molar-refractivity contribution in [3.63, 3.8) is 0 Å². The van der Waals surface area contributed by atoms with E-state index < -0.39 is 17.4 Å². The van der Waals surface area contributed by atoms with Crippen molar-refractivity contribution >= 4 is 5.97 Å². The molecular formula is C15H21NO3. The highest BCUT2D eigenvalue weighted by molar-refractivity contribution is 5.76. The number of rotatable bonds is 5. The van der Waals surface area contributed by atoms with E-state index >= 15 is 0 Å². The van der Waals surface area contributed by atoms with Crippen LogP contribution in [0.25, 0.3) is 0 Å². The van der Waals surface area contributed by atoms with Crippen LogP contribution in [0, 0.1) is 5.92 Å². The first-order chi connectivity index (χ1) is 8.95. The van der Waals surface area contributed by atoms with Gasteiger partial charge in [-0.05, 0) is 23.5 Å². The van der Waals surface area contributed by atoms with Crippen LogP contribution in [0.5, 0.6) is 0 Å². The Bertz CT molecular complexity index is 449. The van der Waals surface area contributed by atoms with Gasteiger partial charge in [-0.15, -0.1) is 0 Å². The molecule has 0 saturated carbocycles. The molecule has 1 aromatic carbocycles. The summed E-state index contributed by atoms with van der Waals surface area (Å²) in [5.74, 6) is -0.373. The predicted molar refractivity (Wildman–Crippen MR) is 73.1 cm³/mol. The third-order valence-electron chi connectivity index (χ3n) is 3.75. The highest BCUT2D eigenvalue weighted by Crippen LogP contribution is 2.35. The lowest BCUT2D eigenvalue weighted by molar-refractivity contribution is -0.148. The van der Waals surface area contributed by atoms with E-state index in [0.29, 0.717) is 19.1 Å². The minimum Gasteiger partial charge on any atom is -0.480 e. The maximum Gasteiger partial charge on any atom is 0.321 e. The van der Waals surface area contributed by atoms with Crippen LogP contribution in [0.1, 0.15) is 25.0 Å². The molecule has 2 rings (SSSR count). The van der Waals surface area contributed by atoms with Gasteiger partial charge >= 0.3 is 5.97 Å². The van der Waals surface area contributed by atoms with E-state index in [1.807, 2.05) is 12.1 Å². The van der Waals surface area contributed by atoms with Gasteiger partial charge in [0.2, 0.25) is 0 Å². The second-order valence-electron chi connectivity index (χ2n) is 5.76. The summed E-state index contributed by atoms with van der Waals surface area (Å²) in [6.45, 7) is 5.11. The van der Waals surface area contributed by atoms with Gasteiger partial charge in [-0.25, -0.2) is 0 Å². The van der Waals surface area contributed by atoms with Crippen LogP contribution in [0.3, 0.4) is 0 Å². The summed E-state index contributed by atoms with van der Waals surface area (Å²) in [4.78, 5) is 11.1. The summed E-state index contributed by atoms with van der Waals surface area (Å²) < 4.78 is 5.22. The average molecular weight is 263 g/mol. The van der Waals surface area contributed by atoms with E-state index in [1.54, 1.807) is 0 Å². The largest absolute Gasteiger partial charge is 0.480 e. The van der Waals surface area contributed by atoms with Gasteiger partial charge in [0, 0.05) is 0 Å². The van der Waals surface area contributed by atoms with Crippen molar-refractivity contribution < 1.29 is 14.6 Å². The fraction of sp³-hybridized carbons (Fsp3) is 0.533. The van der Waals surface area contributed by atoms with E-state index in [4.69, 9.17) is 15.6 Å². The van der Waals surface area contributed by atoms with E-state index in [-0.39, 0.29) is 0 Å². The molecule has 0 radical (unpaired) electrons. The summed E-state index contributed by atoms with van der Waals surface area (Å²) >= 11 is 0. The number of aliphatic carboxylic acids is 1. The molecule has 0 spiro atoms. The second-order valence-corrected chi connectivity index (χ2v) is 5.76. The Kier molecular flexibility index (Phi) is 3.92. The quantitative estimate of drug-likeness (QED) is 0.845. The Morgan fingerprint density at radius 3 is 2.32 bits per heavy atom. The molecule has 1 fully saturated rings. The average Bonchev–Trinajstić information content (AvgIpc) is 2.28. The van der Waals surface area contributed by atoms with Gasteiger partial charge in [0.25, 0.3) is 0 Å². The van der Waals surface area contributed by atoms with Gasteiger partial charge in [-0.1, -0.05) is 38.1 Å². The molecule has 4 nitrogen and oxygen atoms in total. The Morgan fingerprint density at radius 2 is 1.95 bits per heavy atom. The maximum absolute atomic E-state index is 11.1. The lowest BCUT2D eigenvalue weighted by Crippen LogP contribution is -2.61. The number of benzene rings is 1. The topological polar surface area (TPSA) is 72.6 Å². The molecule has 1 heterocycles. The fourth-order valence-electron chi connectivity index (χ4n) is 2.53. The first-order valence-electron chi connectivity index (χ1n) is 6.61. The van der Waals surface area contributed by atoms with Gasteiger partial charge in [-0.2, -0.15) is 0 Å². The first-order valence-corrected chi connectivity index (χ1v) is 6.61. The standard InChI is InChI=1S/C15H21NO3/c1-10(2)7-11-3-5-12(6-4-11)15(8-19-9-15)13(16)14(17)18/h3-6,10,13H,7-9,16H2,1-2H3,(H,17,18). The summed E-state index contributed by atoms with van der Waals surface area (Å²) in [5.41, 5.74) is 7.48. The molecule has 1 saturated heterocycles. The van der Waals surface area contributed by atoms with E-state index in [9.17, 15) is 4.79 Å². The zero-order chi connectivity index (χ0) is 14.0. The van der Waals surface area contributed by atoms with Crippen LogP contribution in [0.4, 0.5) is 0 Å². The lowest BCUT2D eigenvalue weighted by atomic mass is 9.72. The van der Waals surface area contributed by atoms with E-state index in [1.165, 1.54) is 5.56 Å². The number of hydrogen-bond donors (Lipinski definition) is 2. The number of nitrogens with two attached hydrogens (primary N) is 1. The summed E-state index contributed by atoms with van der Waals surface area (Å²) in [7, 11) is 0. The molecule has 1 aromatic rings. The van der Waals surface area contributed by atoms with Crippen LogP contribution < -0.4 is 5.73 Å². The molecule has 0 aromatic heterocycles. The molecule has 0 aliphatic carbocycles. The van der Waals surface area contributed by atoms with Crippen LogP contribution in [0.15, 0.2) is 24.3 Å². The van der Waals surface area contributed by atoms with Gasteiger partial charge in [0.1, 0.15) is 6.04 Å². The molecular weight excluding hydrogens is 242 g/mol. The third kappa shape index (κ3) is 2.65. The number of carboxylic acids is 1. The molecule has 4 heteroatoms. The van der Waals surface area contributed by atoms with Crippen LogP contribution >= 0.6 is 0 Å². The van der Waals surface area contributed by atoms with Gasteiger partial charge in [0.05, 0.1) is 18.6 Å². The first kappa shape index (κ1) is 14.0. The van der Waals surface area contributed by atoms with Gasteiger partial charge in [0.15, 0.2) is 0 Å². The Balaban J connectivity index is 2.22. The summed E-state index contributed by atoms with van der Waals surface area (Å²) in [6.07, 6.45) is 1.02. The smallest absolute Gasteiger partial charge is 0.321 e. The highest BCUT2D eigenvalue weighted by Gasteiger charge is 2.48.